The van der Waals surface area contributed by atoms with Gasteiger partial charge in [0, 0.05) is 5.92 Å². The van der Waals surface area contributed by atoms with Gasteiger partial charge in [-0.15, -0.1) is 5.10 Å². The van der Waals surface area contributed by atoms with Crippen LogP contribution in [0.25, 0.3) is 5.69 Å². The standard InChI is InChI=1S/C12H12N4O3/c1-6-4-7(17)2-3-10(6)16-11(13-14-15-16)8-5-9(8)12(18)19/h2-4,8-9,17H,5H2,1H3,(H,18,19). The third-order valence-electron chi connectivity index (χ3n) is 3.34. The summed E-state index contributed by atoms with van der Waals surface area (Å²) in [6.07, 6.45) is 0.562. The summed E-state index contributed by atoms with van der Waals surface area (Å²) in [4.78, 5) is 10.9. The van der Waals surface area contributed by atoms with Crippen LogP contribution >= 0.6 is 0 Å². The molecule has 0 saturated heterocycles. The maximum atomic E-state index is 10.9. The minimum atomic E-state index is -0.818. The van der Waals surface area contributed by atoms with Crippen LogP contribution in [0.2, 0.25) is 0 Å². The van der Waals surface area contributed by atoms with E-state index < -0.39 is 11.9 Å². The van der Waals surface area contributed by atoms with Crippen molar-refractivity contribution < 1.29 is 15.0 Å². The van der Waals surface area contributed by atoms with Gasteiger partial charge in [-0.1, -0.05) is 0 Å². The highest BCUT2D eigenvalue weighted by Crippen LogP contribution is 2.46. The number of carboxylic acids is 1. The van der Waals surface area contributed by atoms with Crippen LogP contribution in [-0.2, 0) is 4.79 Å². The Hall–Kier alpha value is -2.44. The number of phenolic OH excluding ortho intramolecular Hbond substituents is 1. The number of carbonyl (C=O) groups is 1. The molecule has 1 saturated carbocycles. The van der Waals surface area contributed by atoms with Gasteiger partial charge in [-0.05, 0) is 47.5 Å². The van der Waals surface area contributed by atoms with E-state index in [9.17, 15) is 9.90 Å². The zero-order valence-electron chi connectivity index (χ0n) is 10.2. The molecule has 98 valence electrons. The summed E-state index contributed by atoms with van der Waals surface area (Å²) in [5.74, 6) is -0.628. The van der Waals surface area contributed by atoms with Crippen molar-refractivity contribution in [2.24, 2.45) is 5.92 Å². The zero-order chi connectivity index (χ0) is 13.6. The van der Waals surface area contributed by atoms with Crippen molar-refractivity contribution in [2.45, 2.75) is 19.3 Å². The molecule has 0 amide bonds. The normalized spacial score (nSPS) is 21.3. The van der Waals surface area contributed by atoms with Gasteiger partial charge in [-0.2, -0.15) is 4.68 Å². The summed E-state index contributed by atoms with van der Waals surface area (Å²) in [7, 11) is 0. The lowest BCUT2D eigenvalue weighted by atomic mass is 10.2. The summed E-state index contributed by atoms with van der Waals surface area (Å²) < 4.78 is 1.54. The largest absolute Gasteiger partial charge is 0.508 e. The Kier molecular flexibility index (Phi) is 2.48. The molecule has 2 atom stereocenters. The van der Waals surface area contributed by atoms with E-state index in [-0.39, 0.29) is 11.7 Å². The lowest BCUT2D eigenvalue weighted by molar-refractivity contribution is -0.138. The summed E-state index contributed by atoms with van der Waals surface area (Å²) >= 11 is 0. The van der Waals surface area contributed by atoms with Crippen molar-refractivity contribution in [1.82, 2.24) is 20.2 Å². The second-order valence-corrected chi connectivity index (χ2v) is 4.71. The summed E-state index contributed by atoms with van der Waals surface area (Å²) in [6.45, 7) is 1.84. The summed E-state index contributed by atoms with van der Waals surface area (Å²) in [5.41, 5.74) is 1.56. The lowest BCUT2D eigenvalue weighted by Gasteiger charge is -2.07. The van der Waals surface area contributed by atoms with Gasteiger partial charge in [0.25, 0.3) is 0 Å². The molecule has 19 heavy (non-hydrogen) atoms. The van der Waals surface area contributed by atoms with E-state index in [0.717, 1.165) is 11.3 Å². The van der Waals surface area contributed by atoms with Gasteiger partial charge in [0.05, 0.1) is 11.6 Å². The fourth-order valence-corrected chi connectivity index (χ4v) is 2.23. The Bertz CT molecular complexity index is 652. The highest BCUT2D eigenvalue weighted by molar-refractivity contribution is 5.74. The Balaban J connectivity index is 1.99. The Morgan fingerprint density at radius 2 is 2.26 bits per heavy atom. The third kappa shape index (κ3) is 1.92. The van der Waals surface area contributed by atoms with Crippen LogP contribution in [-0.4, -0.2) is 36.4 Å². The maximum absolute atomic E-state index is 10.9. The minimum absolute atomic E-state index is 0.138. The van der Waals surface area contributed by atoms with E-state index in [1.54, 1.807) is 22.9 Å². The molecule has 7 heteroatoms. The van der Waals surface area contributed by atoms with Crippen molar-refractivity contribution in [1.29, 1.82) is 0 Å². The number of carboxylic acid groups (broad SMARTS) is 1. The van der Waals surface area contributed by atoms with Crippen LogP contribution < -0.4 is 0 Å². The topological polar surface area (TPSA) is 101 Å². The Labute approximate surface area is 108 Å². The first kappa shape index (κ1) is 11.6. The van der Waals surface area contributed by atoms with Gasteiger partial charge in [0.2, 0.25) is 0 Å². The van der Waals surface area contributed by atoms with Gasteiger partial charge >= 0.3 is 5.97 Å². The third-order valence-corrected chi connectivity index (χ3v) is 3.34. The van der Waals surface area contributed by atoms with Crippen molar-refractivity contribution in [3.05, 3.63) is 29.6 Å². The van der Waals surface area contributed by atoms with Crippen molar-refractivity contribution in [3.63, 3.8) is 0 Å². The number of hydrogen-bond donors (Lipinski definition) is 2. The van der Waals surface area contributed by atoms with Crippen LogP contribution in [0.15, 0.2) is 18.2 Å². The number of benzene rings is 1. The molecule has 3 rings (SSSR count). The molecule has 1 aromatic carbocycles. The van der Waals surface area contributed by atoms with Crippen LogP contribution in [0.1, 0.15) is 23.7 Å². The van der Waals surface area contributed by atoms with Gasteiger partial charge in [-0.25, -0.2) is 0 Å². The fraction of sp³-hybridized carbons (Fsp3) is 0.333. The van der Waals surface area contributed by atoms with Gasteiger partial charge in [0.1, 0.15) is 5.75 Å². The van der Waals surface area contributed by atoms with E-state index in [0.29, 0.717) is 12.2 Å². The number of phenols is 1. The first-order valence-corrected chi connectivity index (χ1v) is 5.89. The average molecular weight is 260 g/mol. The van der Waals surface area contributed by atoms with Gasteiger partial charge in [0.15, 0.2) is 5.82 Å². The number of rotatable bonds is 3. The second-order valence-electron chi connectivity index (χ2n) is 4.71. The predicted octanol–water partition coefficient (Wildman–Crippen LogP) is 0.864. The highest BCUT2D eigenvalue weighted by atomic mass is 16.4. The number of aryl methyl sites for hydroxylation is 1. The maximum Gasteiger partial charge on any atom is 0.307 e. The summed E-state index contributed by atoms with van der Waals surface area (Å²) in [6, 6.07) is 4.88. The van der Waals surface area contributed by atoms with Crippen LogP contribution in [0, 0.1) is 12.8 Å². The lowest BCUT2D eigenvalue weighted by Crippen LogP contribution is -2.07. The first-order valence-electron chi connectivity index (χ1n) is 5.89. The van der Waals surface area contributed by atoms with Crippen LogP contribution in [0.5, 0.6) is 5.75 Å². The van der Waals surface area contributed by atoms with E-state index in [1.807, 2.05) is 6.92 Å². The molecule has 7 nitrogen and oxygen atoms in total. The molecular formula is C12H12N4O3. The molecule has 1 fully saturated rings. The van der Waals surface area contributed by atoms with E-state index in [2.05, 4.69) is 15.5 Å². The molecule has 1 aliphatic carbocycles. The quantitative estimate of drug-likeness (QED) is 0.848. The van der Waals surface area contributed by atoms with E-state index in [1.165, 1.54) is 0 Å². The first-order chi connectivity index (χ1) is 9.08. The molecule has 1 heterocycles. The smallest absolute Gasteiger partial charge is 0.307 e. The molecule has 2 aromatic rings. The zero-order valence-corrected chi connectivity index (χ0v) is 10.2. The second kappa shape index (κ2) is 4.04. The number of tetrazole rings is 1. The highest BCUT2D eigenvalue weighted by Gasteiger charge is 2.47. The van der Waals surface area contributed by atoms with Crippen LogP contribution in [0.3, 0.4) is 0 Å². The minimum Gasteiger partial charge on any atom is -0.508 e. The van der Waals surface area contributed by atoms with Gasteiger partial charge in [-0.3, -0.25) is 4.79 Å². The Morgan fingerprint density at radius 1 is 1.47 bits per heavy atom. The molecular weight excluding hydrogens is 248 g/mol. The average Bonchev–Trinajstić information content (AvgIpc) is 3.01. The number of hydrogen-bond acceptors (Lipinski definition) is 5. The number of aromatic hydroxyl groups is 1. The molecule has 1 aliphatic rings. The molecule has 2 N–H and O–H groups in total. The van der Waals surface area contributed by atoms with Crippen LogP contribution in [0.4, 0.5) is 0 Å². The molecule has 0 radical (unpaired) electrons. The predicted molar refractivity (Wildman–Crippen MR) is 64.0 cm³/mol. The Morgan fingerprint density at radius 3 is 2.89 bits per heavy atom. The summed E-state index contributed by atoms with van der Waals surface area (Å²) in [5, 5.41) is 29.8. The van der Waals surface area contributed by atoms with E-state index >= 15 is 0 Å². The molecule has 0 spiro atoms. The molecule has 1 aromatic heterocycles. The monoisotopic (exact) mass is 260 g/mol. The number of nitrogens with zero attached hydrogens (tertiary/aromatic N) is 4. The number of aliphatic carboxylic acids is 1. The molecule has 2 unspecified atom stereocenters. The van der Waals surface area contributed by atoms with E-state index in [4.69, 9.17) is 5.11 Å². The van der Waals surface area contributed by atoms with Gasteiger partial charge < -0.3 is 10.2 Å². The SMILES string of the molecule is Cc1cc(O)ccc1-n1nnnc1C1CC1C(=O)O. The van der Waals surface area contributed by atoms with Crippen molar-refractivity contribution >= 4 is 5.97 Å². The number of aromatic nitrogens is 4. The van der Waals surface area contributed by atoms with Crippen molar-refractivity contribution in [3.8, 4) is 11.4 Å². The molecule has 0 bridgehead atoms. The molecule has 0 aliphatic heterocycles. The fourth-order valence-electron chi connectivity index (χ4n) is 2.23. The van der Waals surface area contributed by atoms with Crippen molar-refractivity contribution in [2.75, 3.05) is 0 Å².